The number of aliphatic hydroxyl groups excluding tert-OH is 1. The Morgan fingerprint density at radius 3 is 0.830 bits per heavy atom. The maximum atomic E-state index is 13.1. The van der Waals surface area contributed by atoms with Gasteiger partial charge in [0.05, 0.1) is 26.4 Å². The summed E-state index contributed by atoms with van der Waals surface area (Å²) in [4.78, 5) is 72.9. The molecule has 0 aliphatic heterocycles. The van der Waals surface area contributed by atoms with Gasteiger partial charge in [0.25, 0.3) is 0 Å². The van der Waals surface area contributed by atoms with Crippen LogP contribution < -0.4 is 0 Å². The van der Waals surface area contributed by atoms with Crippen molar-refractivity contribution in [3.8, 4) is 0 Å². The van der Waals surface area contributed by atoms with Gasteiger partial charge in [0.15, 0.2) is 12.2 Å². The third-order valence-electron chi connectivity index (χ3n) is 16.5. The predicted octanol–water partition coefficient (Wildman–Crippen LogP) is 22.8. The summed E-state index contributed by atoms with van der Waals surface area (Å²) in [6.45, 7) is 4.73. The summed E-state index contributed by atoms with van der Waals surface area (Å²) in [6, 6.07) is 0. The molecule has 2 unspecified atom stereocenters. The SMILES string of the molecule is CCCCC/C=C\C/C=C\C/C=C\C/C=C\CCCC(=O)O[C@H](COC(=O)CCCCCCC/C=C\C/C=C\CCCCC)COP(=O)(O)OC[C@H](O)COP(=O)(O)OC[C@@H](COC(=O)CCCCCCC/C=C\CCCCCC)OC(=O)CCCCCCC/C=C\CCCCCCCC. The fourth-order valence-electron chi connectivity index (χ4n) is 10.4. The zero-order valence-electron chi connectivity index (χ0n) is 63.1. The Kier molecular flexibility index (Phi) is 70.4. The summed E-state index contributed by atoms with van der Waals surface area (Å²) in [7, 11) is -9.97. The first-order valence-electron chi connectivity index (χ1n) is 39.5. The standard InChI is InChI=1S/C81H142O17P2/c1-5-9-13-17-21-25-29-33-36-37-40-44-48-52-56-60-64-68-81(86)98-77(72-92-79(84)66-62-58-54-50-46-42-38-34-30-26-22-18-14-10-6-2)74-96-100(89,90)94-70-75(82)69-93-99(87,88)95-73-76(71-91-78(83)65-61-57-53-49-45-41-32-28-24-20-16-12-8-4)97-80(85)67-63-59-55-51-47-43-39-35-31-27-23-19-15-11-7-3/h21-22,25-26,28,32-36,38-40,44,52,56,75-77,82H,5-20,23-24,27,29-31,37,41-43,45-51,53-55,57-74H2,1-4H3,(H,87,88)(H,89,90)/b25-21-,26-22-,32-28-,36-33-,38-34-,39-35-,44-40-,56-52-/t75-,76-,77-/m1/s1. The zero-order chi connectivity index (χ0) is 73.2. The Morgan fingerprint density at radius 2 is 0.500 bits per heavy atom. The monoisotopic (exact) mass is 1450 g/mol. The number of hydrogen-bond acceptors (Lipinski definition) is 15. The maximum Gasteiger partial charge on any atom is 0.472 e. The number of ether oxygens (including phenoxy) is 4. The van der Waals surface area contributed by atoms with Gasteiger partial charge in [0, 0.05) is 25.7 Å². The van der Waals surface area contributed by atoms with E-state index in [4.69, 9.17) is 37.0 Å². The number of unbranched alkanes of at least 4 members (excludes halogenated alkanes) is 32. The maximum absolute atomic E-state index is 13.1. The van der Waals surface area contributed by atoms with Crippen LogP contribution in [0, 0.1) is 0 Å². The molecular formula is C81H142O17P2. The van der Waals surface area contributed by atoms with E-state index in [0.29, 0.717) is 32.1 Å². The number of rotatable bonds is 74. The van der Waals surface area contributed by atoms with Crippen LogP contribution in [-0.2, 0) is 65.4 Å². The molecule has 3 N–H and O–H groups in total. The Morgan fingerprint density at radius 1 is 0.280 bits per heavy atom. The van der Waals surface area contributed by atoms with Crippen molar-refractivity contribution in [2.75, 3.05) is 39.6 Å². The predicted molar refractivity (Wildman–Crippen MR) is 409 cm³/mol. The molecule has 0 saturated carbocycles. The van der Waals surface area contributed by atoms with Crippen molar-refractivity contribution in [3.63, 3.8) is 0 Å². The van der Waals surface area contributed by atoms with Crippen LogP contribution in [0.25, 0.3) is 0 Å². The van der Waals surface area contributed by atoms with E-state index in [1.165, 1.54) is 103 Å². The molecule has 5 atom stereocenters. The lowest BCUT2D eigenvalue weighted by Gasteiger charge is -2.21. The zero-order valence-corrected chi connectivity index (χ0v) is 64.9. The van der Waals surface area contributed by atoms with Gasteiger partial charge in [0.2, 0.25) is 0 Å². The first-order chi connectivity index (χ1) is 48.7. The van der Waals surface area contributed by atoms with E-state index in [-0.39, 0.29) is 25.7 Å². The molecule has 0 bridgehead atoms. The van der Waals surface area contributed by atoms with Gasteiger partial charge in [0.1, 0.15) is 19.3 Å². The average Bonchev–Trinajstić information content (AvgIpc) is 1.22. The summed E-state index contributed by atoms with van der Waals surface area (Å²) in [5.74, 6) is -2.26. The molecular weight excluding hydrogens is 1310 g/mol. The first-order valence-corrected chi connectivity index (χ1v) is 42.5. The van der Waals surface area contributed by atoms with E-state index in [9.17, 15) is 43.2 Å². The molecule has 17 nitrogen and oxygen atoms in total. The number of allylic oxidation sites excluding steroid dienone is 16. The van der Waals surface area contributed by atoms with Gasteiger partial charge in [-0.1, -0.05) is 260 Å². The molecule has 0 aromatic carbocycles. The normalized spacial score (nSPS) is 14.4. The molecule has 0 heterocycles. The molecule has 0 aromatic heterocycles. The van der Waals surface area contributed by atoms with E-state index in [2.05, 4.69) is 113 Å². The fraction of sp³-hybridized carbons (Fsp3) is 0.753. The largest absolute Gasteiger partial charge is 0.472 e. The average molecular weight is 1450 g/mol. The van der Waals surface area contributed by atoms with Crippen LogP contribution in [0.5, 0.6) is 0 Å². The van der Waals surface area contributed by atoms with Crippen molar-refractivity contribution in [1.29, 1.82) is 0 Å². The van der Waals surface area contributed by atoms with Gasteiger partial charge in [-0.15, -0.1) is 0 Å². The summed E-state index contributed by atoms with van der Waals surface area (Å²) >= 11 is 0. The highest BCUT2D eigenvalue weighted by Gasteiger charge is 2.30. The summed E-state index contributed by atoms with van der Waals surface area (Å²) < 4.78 is 68.5. The van der Waals surface area contributed by atoms with Crippen molar-refractivity contribution >= 4 is 39.5 Å². The second kappa shape index (κ2) is 73.3. The van der Waals surface area contributed by atoms with Crippen LogP contribution in [-0.4, -0.2) is 96.7 Å². The van der Waals surface area contributed by atoms with Crippen LogP contribution in [0.3, 0.4) is 0 Å². The minimum absolute atomic E-state index is 0.0159. The Balaban J connectivity index is 5.42. The Labute approximate surface area is 607 Å². The Hall–Kier alpha value is -4.02. The molecule has 0 saturated heterocycles. The highest BCUT2D eigenvalue weighted by Crippen LogP contribution is 2.45. The minimum atomic E-state index is -4.99. The third-order valence-corrected chi connectivity index (χ3v) is 18.4. The molecule has 0 aliphatic carbocycles. The lowest BCUT2D eigenvalue weighted by atomic mass is 10.1. The second-order valence-electron chi connectivity index (χ2n) is 26.3. The van der Waals surface area contributed by atoms with E-state index < -0.39 is 97.5 Å². The van der Waals surface area contributed by atoms with Gasteiger partial charge in [-0.05, 0) is 148 Å². The van der Waals surface area contributed by atoms with Gasteiger partial charge in [-0.25, -0.2) is 9.13 Å². The number of aliphatic hydroxyl groups is 1. The van der Waals surface area contributed by atoms with E-state index >= 15 is 0 Å². The van der Waals surface area contributed by atoms with Crippen molar-refractivity contribution < 1.29 is 80.2 Å². The molecule has 0 aliphatic rings. The molecule has 0 rings (SSSR count). The van der Waals surface area contributed by atoms with Crippen LogP contribution >= 0.6 is 15.6 Å². The van der Waals surface area contributed by atoms with Crippen molar-refractivity contribution in [3.05, 3.63) is 97.2 Å². The number of hydrogen-bond donors (Lipinski definition) is 3. The van der Waals surface area contributed by atoms with Gasteiger partial charge >= 0.3 is 39.5 Å². The second-order valence-corrected chi connectivity index (χ2v) is 29.2. The molecule has 578 valence electrons. The molecule has 0 spiro atoms. The molecule has 19 heteroatoms. The van der Waals surface area contributed by atoms with Crippen LogP contribution in [0.15, 0.2) is 97.2 Å². The van der Waals surface area contributed by atoms with Crippen LogP contribution in [0.1, 0.15) is 336 Å². The van der Waals surface area contributed by atoms with Crippen molar-refractivity contribution in [2.24, 2.45) is 0 Å². The van der Waals surface area contributed by atoms with Crippen LogP contribution in [0.2, 0.25) is 0 Å². The molecule has 0 fully saturated rings. The number of carbonyl (C=O) groups excluding carboxylic acids is 4. The third kappa shape index (κ3) is 72.3. The molecule has 0 radical (unpaired) electrons. The van der Waals surface area contributed by atoms with E-state index in [1.54, 1.807) is 0 Å². The Bertz CT molecular complexity index is 2270. The lowest BCUT2D eigenvalue weighted by molar-refractivity contribution is -0.161. The highest BCUT2D eigenvalue weighted by molar-refractivity contribution is 7.47. The topological polar surface area (TPSA) is 237 Å². The van der Waals surface area contributed by atoms with Gasteiger partial charge in [-0.3, -0.25) is 37.3 Å². The first kappa shape index (κ1) is 96.0. The van der Waals surface area contributed by atoms with Crippen molar-refractivity contribution in [1.82, 2.24) is 0 Å². The summed E-state index contributed by atoms with van der Waals surface area (Å²) in [5, 5.41) is 10.6. The van der Waals surface area contributed by atoms with Crippen LogP contribution in [0.4, 0.5) is 0 Å². The van der Waals surface area contributed by atoms with Gasteiger partial charge in [-0.2, -0.15) is 0 Å². The number of carbonyl (C=O) groups is 4. The van der Waals surface area contributed by atoms with Gasteiger partial charge < -0.3 is 33.8 Å². The molecule has 0 amide bonds. The van der Waals surface area contributed by atoms with E-state index in [1.807, 2.05) is 12.2 Å². The smallest absolute Gasteiger partial charge is 0.462 e. The quantitative estimate of drug-likeness (QED) is 0.0169. The van der Waals surface area contributed by atoms with Crippen molar-refractivity contribution in [2.45, 2.75) is 354 Å². The number of phosphoric acid groups is 2. The lowest BCUT2D eigenvalue weighted by Crippen LogP contribution is -2.30. The molecule has 100 heavy (non-hydrogen) atoms. The molecule has 0 aromatic rings. The summed E-state index contributed by atoms with van der Waals surface area (Å²) in [5.41, 5.74) is 0. The minimum Gasteiger partial charge on any atom is -0.462 e. The van der Waals surface area contributed by atoms with E-state index in [0.717, 1.165) is 148 Å². The summed E-state index contributed by atoms with van der Waals surface area (Å²) in [6.07, 6.45) is 76.8. The highest BCUT2D eigenvalue weighted by atomic mass is 31.2. The fourth-order valence-corrected chi connectivity index (χ4v) is 12.0. The number of esters is 4. The number of phosphoric ester groups is 2.